The van der Waals surface area contributed by atoms with Gasteiger partial charge >= 0.3 is 0 Å². The quantitative estimate of drug-likeness (QED) is 0.771. The molecule has 2 aromatic rings. The lowest BCUT2D eigenvalue weighted by Crippen LogP contribution is -2.17. The van der Waals surface area contributed by atoms with Crippen LogP contribution in [0.2, 0.25) is 0 Å². The molecule has 88 valence electrons. The van der Waals surface area contributed by atoms with Crippen LogP contribution in [0.15, 0.2) is 42.5 Å². The van der Waals surface area contributed by atoms with Crippen molar-refractivity contribution in [3.63, 3.8) is 0 Å². The highest BCUT2D eigenvalue weighted by molar-refractivity contribution is 9.10. The molecule has 1 nitrogen and oxygen atoms in total. The van der Waals surface area contributed by atoms with E-state index < -0.39 is 0 Å². The third kappa shape index (κ3) is 2.58. The predicted molar refractivity (Wildman–Crippen MR) is 75.8 cm³/mol. The van der Waals surface area contributed by atoms with E-state index in [1.807, 2.05) is 12.1 Å². The Balaban J connectivity index is 2.39. The van der Waals surface area contributed by atoms with Gasteiger partial charge in [-0.25, -0.2) is 0 Å². The molecule has 17 heavy (non-hydrogen) atoms. The summed E-state index contributed by atoms with van der Waals surface area (Å²) in [6, 6.07) is 14.6. The number of hydrogen-bond acceptors (Lipinski definition) is 1. The molecule has 0 bridgehead atoms. The van der Waals surface area contributed by atoms with Crippen molar-refractivity contribution in [1.29, 1.82) is 0 Å². The van der Waals surface area contributed by atoms with Crippen molar-refractivity contribution in [2.24, 2.45) is 0 Å². The normalized spacial score (nSPS) is 14.5. The van der Waals surface area contributed by atoms with Gasteiger partial charge in [-0.05, 0) is 23.3 Å². The number of fused-ring (bicyclic) bond motifs is 1. The van der Waals surface area contributed by atoms with E-state index in [4.69, 9.17) is 0 Å². The van der Waals surface area contributed by atoms with E-state index in [1.165, 1.54) is 16.3 Å². The number of carbonyl (C=O) groups is 1. The van der Waals surface area contributed by atoms with Gasteiger partial charge in [-0.15, -0.1) is 0 Å². The van der Waals surface area contributed by atoms with Crippen LogP contribution in [-0.2, 0) is 4.79 Å². The summed E-state index contributed by atoms with van der Waals surface area (Å²) in [5, 5.41) is 2.46. The summed E-state index contributed by atoms with van der Waals surface area (Å²) in [7, 11) is 0. The summed E-state index contributed by atoms with van der Waals surface area (Å²) in [5.41, 5.74) is 1.20. The molecule has 0 aliphatic heterocycles. The predicted octanol–water partition coefficient (Wildman–Crippen LogP) is 4.30. The van der Waals surface area contributed by atoms with Gasteiger partial charge in [0.25, 0.3) is 0 Å². The van der Waals surface area contributed by atoms with E-state index in [0.717, 1.165) is 0 Å². The van der Waals surface area contributed by atoms with E-state index in [1.54, 1.807) is 6.92 Å². The fraction of sp³-hybridized carbons (Fsp3) is 0.267. The Labute approximate surface area is 110 Å². The molecule has 0 fully saturated rings. The van der Waals surface area contributed by atoms with Crippen molar-refractivity contribution >= 4 is 32.5 Å². The Hall–Kier alpha value is -1.15. The number of ketones is 1. The number of carbonyl (C=O) groups excluding carboxylic acids is 1. The van der Waals surface area contributed by atoms with Crippen molar-refractivity contribution in [3.8, 4) is 0 Å². The fourth-order valence-electron chi connectivity index (χ4n) is 2.01. The number of rotatable bonds is 3. The van der Waals surface area contributed by atoms with Gasteiger partial charge in [0.1, 0.15) is 5.78 Å². The zero-order valence-corrected chi connectivity index (χ0v) is 11.6. The van der Waals surface area contributed by atoms with E-state index >= 15 is 0 Å². The minimum atomic E-state index is -0.108. The lowest BCUT2D eigenvalue weighted by atomic mass is 9.94. The Kier molecular flexibility index (Phi) is 3.63. The number of benzene rings is 2. The van der Waals surface area contributed by atoms with E-state index in [0.29, 0.717) is 0 Å². The molecule has 0 radical (unpaired) electrons. The highest BCUT2D eigenvalue weighted by Gasteiger charge is 2.20. The molecular formula is C15H15BrO. The summed E-state index contributed by atoms with van der Waals surface area (Å²) >= 11 is 3.46. The Morgan fingerprint density at radius 2 is 1.76 bits per heavy atom. The first-order chi connectivity index (χ1) is 8.09. The SMILES string of the molecule is CC(=O)C(Br)C(C)c1ccc2ccccc2c1. The minimum Gasteiger partial charge on any atom is -0.299 e. The van der Waals surface area contributed by atoms with Crippen LogP contribution in [0.4, 0.5) is 0 Å². The van der Waals surface area contributed by atoms with Gasteiger partial charge in [-0.1, -0.05) is 65.3 Å². The van der Waals surface area contributed by atoms with Gasteiger partial charge in [0.2, 0.25) is 0 Å². The van der Waals surface area contributed by atoms with E-state index in [9.17, 15) is 4.79 Å². The lowest BCUT2D eigenvalue weighted by molar-refractivity contribution is -0.116. The molecule has 2 unspecified atom stereocenters. The van der Waals surface area contributed by atoms with Crippen LogP contribution in [0.5, 0.6) is 0 Å². The van der Waals surface area contributed by atoms with Gasteiger partial charge in [0, 0.05) is 5.92 Å². The second-order valence-electron chi connectivity index (χ2n) is 4.41. The van der Waals surface area contributed by atoms with Gasteiger partial charge in [-0.2, -0.15) is 0 Å². The summed E-state index contributed by atoms with van der Waals surface area (Å²) < 4.78 is 0. The third-order valence-electron chi connectivity index (χ3n) is 3.13. The molecule has 0 N–H and O–H groups in total. The summed E-state index contributed by atoms with van der Waals surface area (Å²) in [4.78, 5) is 11.3. The van der Waals surface area contributed by atoms with Crippen molar-refractivity contribution in [2.75, 3.05) is 0 Å². The molecule has 0 aliphatic carbocycles. The first-order valence-electron chi connectivity index (χ1n) is 5.73. The summed E-state index contributed by atoms with van der Waals surface area (Å²) in [6.07, 6.45) is 0. The summed E-state index contributed by atoms with van der Waals surface area (Å²) in [6.45, 7) is 3.70. The standard InChI is InChI=1S/C15H15BrO/c1-10(15(16)11(2)17)13-8-7-12-5-3-4-6-14(12)9-13/h3-10,15H,1-2H3. The summed E-state index contributed by atoms with van der Waals surface area (Å²) in [5.74, 6) is 0.364. The van der Waals surface area contributed by atoms with Crippen LogP contribution in [0.25, 0.3) is 10.8 Å². The molecule has 0 aliphatic rings. The maximum atomic E-state index is 11.4. The number of alkyl halides is 1. The van der Waals surface area contributed by atoms with Crippen molar-refractivity contribution < 1.29 is 4.79 Å². The number of Topliss-reactive ketones (excluding diaryl/α,β-unsaturated/α-hetero) is 1. The van der Waals surface area contributed by atoms with Gasteiger partial charge in [0.15, 0.2) is 0 Å². The van der Waals surface area contributed by atoms with Crippen LogP contribution >= 0.6 is 15.9 Å². The molecule has 2 rings (SSSR count). The lowest BCUT2D eigenvalue weighted by Gasteiger charge is -2.16. The van der Waals surface area contributed by atoms with Crippen LogP contribution < -0.4 is 0 Å². The largest absolute Gasteiger partial charge is 0.299 e. The van der Waals surface area contributed by atoms with Crippen LogP contribution in [0, 0.1) is 0 Å². The Morgan fingerprint density at radius 1 is 1.12 bits per heavy atom. The van der Waals surface area contributed by atoms with Gasteiger partial charge < -0.3 is 0 Å². The third-order valence-corrected chi connectivity index (χ3v) is 4.56. The molecule has 0 heterocycles. The first kappa shape index (κ1) is 12.3. The number of hydrogen-bond donors (Lipinski definition) is 0. The topological polar surface area (TPSA) is 17.1 Å². The average Bonchev–Trinajstić information content (AvgIpc) is 2.36. The molecular weight excluding hydrogens is 276 g/mol. The highest BCUT2D eigenvalue weighted by atomic mass is 79.9. The zero-order chi connectivity index (χ0) is 12.4. The molecule has 0 amide bonds. The van der Waals surface area contributed by atoms with Crippen molar-refractivity contribution in [3.05, 3.63) is 48.0 Å². The molecule has 0 spiro atoms. The van der Waals surface area contributed by atoms with Gasteiger partial charge in [0.05, 0.1) is 4.83 Å². The van der Waals surface area contributed by atoms with Crippen LogP contribution in [0.1, 0.15) is 25.3 Å². The van der Waals surface area contributed by atoms with E-state index in [2.05, 4.69) is 53.2 Å². The van der Waals surface area contributed by atoms with Crippen LogP contribution in [-0.4, -0.2) is 10.6 Å². The number of halogens is 1. The maximum Gasteiger partial charge on any atom is 0.144 e. The van der Waals surface area contributed by atoms with Gasteiger partial charge in [-0.3, -0.25) is 4.79 Å². The molecule has 0 saturated heterocycles. The molecule has 2 heteroatoms. The van der Waals surface area contributed by atoms with Crippen LogP contribution in [0.3, 0.4) is 0 Å². The van der Waals surface area contributed by atoms with Crippen molar-refractivity contribution in [2.45, 2.75) is 24.6 Å². The van der Waals surface area contributed by atoms with E-state index in [-0.39, 0.29) is 16.5 Å². The highest BCUT2D eigenvalue weighted by Crippen LogP contribution is 2.27. The zero-order valence-electron chi connectivity index (χ0n) is 9.98. The minimum absolute atomic E-state index is 0.108. The average molecular weight is 291 g/mol. The molecule has 2 aromatic carbocycles. The monoisotopic (exact) mass is 290 g/mol. The second-order valence-corrected chi connectivity index (χ2v) is 5.39. The smallest absolute Gasteiger partial charge is 0.144 e. The Morgan fingerprint density at radius 3 is 2.41 bits per heavy atom. The fourth-order valence-corrected chi connectivity index (χ4v) is 2.32. The molecule has 0 aromatic heterocycles. The Bertz CT molecular complexity index is 547. The molecule has 2 atom stereocenters. The second kappa shape index (κ2) is 5.01. The van der Waals surface area contributed by atoms with Crippen molar-refractivity contribution in [1.82, 2.24) is 0 Å². The molecule has 0 saturated carbocycles. The maximum absolute atomic E-state index is 11.4. The first-order valence-corrected chi connectivity index (χ1v) is 6.64.